The average Bonchev–Trinajstić information content (AvgIpc) is 2.47. The molecule has 1 heterocycles. The van der Waals surface area contributed by atoms with Crippen LogP contribution < -0.4 is 5.32 Å². The molecule has 0 spiro atoms. The number of nitrogens with zero attached hydrogens (tertiary/aromatic N) is 1. The third kappa shape index (κ3) is 6.27. The van der Waals surface area contributed by atoms with Crippen molar-refractivity contribution < 1.29 is 0 Å². The molecule has 114 valence electrons. The lowest BCUT2D eigenvalue weighted by Crippen LogP contribution is -2.45. The molecule has 3 unspecified atom stereocenters. The second kappa shape index (κ2) is 9.77. The number of likely N-dealkylation sites (tertiary alicyclic amines) is 1. The number of hydrogen-bond acceptors (Lipinski definition) is 2. The molecule has 0 radical (unpaired) electrons. The molecule has 1 aliphatic heterocycles. The molecule has 0 aromatic heterocycles. The maximum atomic E-state index is 3.83. The van der Waals surface area contributed by atoms with Gasteiger partial charge in [-0.25, -0.2) is 0 Å². The smallest absolute Gasteiger partial charge is 0.00793 e. The van der Waals surface area contributed by atoms with Gasteiger partial charge in [-0.15, -0.1) is 0 Å². The van der Waals surface area contributed by atoms with Crippen molar-refractivity contribution in [2.24, 2.45) is 11.8 Å². The van der Waals surface area contributed by atoms with Crippen molar-refractivity contribution in [1.29, 1.82) is 0 Å². The van der Waals surface area contributed by atoms with Gasteiger partial charge >= 0.3 is 0 Å². The molecule has 19 heavy (non-hydrogen) atoms. The molecule has 1 fully saturated rings. The zero-order valence-electron chi connectivity index (χ0n) is 13.8. The molecule has 0 aliphatic carbocycles. The highest BCUT2D eigenvalue weighted by Crippen LogP contribution is 2.20. The summed E-state index contributed by atoms with van der Waals surface area (Å²) >= 11 is 0. The fourth-order valence-corrected chi connectivity index (χ4v) is 3.25. The van der Waals surface area contributed by atoms with Crippen LogP contribution in [0, 0.1) is 11.8 Å². The van der Waals surface area contributed by atoms with Crippen molar-refractivity contribution in [3.05, 3.63) is 0 Å². The van der Waals surface area contributed by atoms with Crippen LogP contribution in [0.25, 0.3) is 0 Å². The van der Waals surface area contributed by atoms with Crippen molar-refractivity contribution in [2.45, 2.75) is 72.3 Å². The normalized spacial score (nSPS) is 24.3. The summed E-state index contributed by atoms with van der Waals surface area (Å²) in [6.07, 6.45) is 8.25. The Hall–Kier alpha value is -0.0800. The van der Waals surface area contributed by atoms with Crippen molar-refractivity contribution in [3.63, 3.8) is 0 Å². The Labute approximate surface area is 121 Å². The van der Waals surface area contributed by atoms with Gasteiger partial charge in [0.1, 0.15) is 0 Å². The topological polar surface area (TPSA) is 15.3 Å². The van der Waals surface area contributed by atoms with Gasteiger partial charge in [0.25, 0.3) is 0 Å². The Morgan fingerprint density at radius 2 is 2.05 bits per heavy atom. The summed E-state index contributed by atoms with van der Waals surface area (Å²) in [4.78, 5) is 2.61. The van der Waals surface area contributed by atoms with Crippen molar-refractivity contribution in [2.75, 3.05) is 26.2 Å². The van der Waals surface area contributed by atoms with E-state index in [1.54, 1.807) is 0 Å². The lowest BCUT2D eigenvalue weighted by atomic mass is 9.90. The van der Waals surface area contributed by atoms with E-state index in [-0.39, 0.29) is 0 Å². The van der Waals surface area contributed by atoms with Crippen LogP contribution in [0.15, 0.2) is 0 Å². The molecule has 0 bridgehead atoms. The van der Waals surface area contributed by atoms with Crippen LogP contribution in [0.3, 0.4) is 0 Å². The van der Waals surface area contributed by atoms with E-state index in [4.69, 9.17) is 0 Å². The summed E-state index contributed by atoms with van der Waals surface area (Å²) in [6.45, 7) is 14.4. The van der Waals surface area contributed by atoms with Gasteiger partial charge in [-0.05, 0) is 57.7 Å². The fourth-order valence-electron chi connectivity index (χ4n) is 3.25. The van der Waals surface area contributed by atoms with Crippen LogP contribution in [0.2, 0.25) is 0 Å². The zero-order valence-corrected chi connectivity index (χ0v) is 13.8. The SMILES string of the molecule is CCCCC(CC)CNC(C)C1CCCN(CC)C1. The average molecular weight is 268 g/mol. The minimum absolute atomic E-state index is 0.685. The van der Waals surface area contributed by atoms with E-state index in [1.807, 2.05) is 0 Å². The number of unbranched alkanes of at least 4 members (excludes halogenated alkanes) is 1. The summed E-state index contributed by atoms with van der Waals surface area (Å²) in [6, 6.07) is 0.685. The molecule has 1 aliphatic rings. The highest BCUT2D eigenvalue weighted by molar-refractivity contribution is 4.80. The van der Waals surface area contributed by atoms with Crippen LogP contribution >= 0.6 is 0 Å². The Balaban J connectivity index is 2.26. The molecule has 1 saturated heterocycles. The monoisotopic (exact) mass is 268 g/mol. The molecule has 0 amide bonds. The number of rotatable bonds is 9. The highest BCUT2D eigenvalue weighted by atomic mass is 15.1. The van der Waals surface area contributed by atoms with E-state index in [2.05, 4.69) is 37.9 Å². The van der Waals surface area contributed by atoms with E-state index in [1.165, 1.54) is 64.7 Å². The van der Waals surface area contributed by atoms with Crippen LogP contribution in [-0.2, 0) is 0 Å². The van der Waals surface area contributed by atoms with E-state index >= 15 is 0 Å². The molecule has 2 nitrogen and oxygen atoms in total. The van der Waals surface area contributed by atoms with E-state index < -0.39 is 0 Å². The van der Waals surface area contributed by atoms with Gasteiger partial charge in [-0.2, -0.15) is 0 Å². The first-order valence-electron chi connectivity index (χ1n) is 8.66. The summed E-state index contributed by atoms with van der Waals surface area (Å²) in [7, 11) is 0. The fraction of sp³-hybridized carbons (Fsp3) is 1.00. The molecule has 0 saturated carbocycles. The summed E-state index contributed by atoms with van der Waals surface area (Å²) in [5, 5.41) is 3.83. The van der Waals surface area contributed by atoms with Crippen molar-refractivity contribution >= 4 is 0 Å². The van der Waals surface area contributed by atoms with Gasteiger partial charge in [-0.3, -0.25) is 0 Å². The maximum absolute atomic E-state index is 3.83. The van der Waals surface area contributed by atoms with E-state index in [9.17, 15) is 0 Å². The lowest BCUT2D eigenvalue weighted by molar-refractivity contribution is 0.155. The summed E-state index contributed by atoms with van der Waals surface area (Å²) in [5.74, 6) is 1.74. The van der Waals surface area contributed by atoms with E-state index in [0.29, 0.717) is 6.04 Å². The summed E-state index contributed by atoms with van der Waals surface area (Å²) < 4.78 is 0. The van der Waals surface area contributed by atoms with E-state index in [0.717, 1.165) is 11.8 Å². The first kappa shape index (κ1) is 17.0. The Bertz CT molecular complexity index is 217. The molecular formula is C17H36N2. The number of nitrogens with one attached hydrogen (secondary N) is 1. The predicted octanol–water partition coefficient (Wildman–Crippen LogP) is 3.91. The first-order valence-corrected chi connectivity index (χ1v) is 8.66. The van der Waals surface area contributed by atoms with Gasteiger partial charge in [0.05, 0.1) is 0 Å². The van der Waals surface area contributed by atoms with Gasteiger partial charge in [0.2, 0.25) is 0 Å². The largest absolute Gasteiger partial charge is 0.314 e. The maximum Gasteiger partial charge on any atom is 0.00793 e. The minimum atomic E-state index is 0.685. The van der Waals surface area contributed by atoms with Crippen LogP contribution in [0.5, 0.6) is 0 Å². The number of piperidine rings is 1. The van der Waals surface area contributed by atoms with Gasteiger partial charge in [-0.1, -0.05) is 40.0 Å². The molecule has 2 heteroatoms. The molecular weight excluding hydrogens is 232 g/mol. The molecule has 3 atom stereocenters. The second-order valence-electron chi connectivity index (χ2n) is 6.41. The standard InChI is InChI=1S/C17H36N2/c1-5-8-10-16(6-2)13-18-15(4)17-11-9-12-19(7-3)14-17/h15-18H,5-14H2,1-4H3. The van der Waals surface area contributed by atoms with Gasteiger partial charge in [0.15, 0.2) is 0 Å². The molecule has 1 N–H and O–H groups in total. The van der Waals surface area contributed by atoms with Crippen LogP contribution in [0.4, 0.5) is 0 Å². The van der Waals surface area contributed by atoms with Crippen LogP contribution in [-0.4, -0.2) is 37.1 Å². The molecule has 0 aromatic carbocycles. The Morgan fingerprint density at radius 1 is 1.26 bits per heavy atom. The zero-order chi connectivity index (χ0) is 14.1. The molecule has 0 aromatic rings. The van der Waals surface area contributed by atoms with Gasteiger partial charge < -0.3 is 10.2 Å². The van der Waals surface area contributed by atoms with Gasteiger partial charge in [0, 0.05) is 12.6 Å². The molecule has 1 rings (SSSR count). The predicted molar refractivity (Wildman–Crippen MR) is 85.6 cm³/mol. The van der Waals surface area contributed by atoms with Crippen molar-refractivity contribution in [1.82, 2.24) is 10.2 Å². The summed E-state index contributed by atoms with van der Waals surface area (Å²) in [5.41, 5.74) is 0. The lowest BCUT2D eigenvalue weighted by Gasteiger charge is -2.36. The highest BCUT2D eigenvalue weighted by Gasteiger charge is 2.23. The second-order valence-corrected chi connectivity index (χ2v) is 6.41. The minimum Gasteiger partial charge on any atom is -0.314 e. The quantitative estimate of drug-likeness (QED) is 0.682. The Morgan fingerprint density at radius 3 is 2.68 bits per heavy atom. The third-order valence-corrected chi connectivity index (χ3v) is 4.97. The first-order chi connectivity index (χ1) is 9.21. The van der Waals surface area contributed by atoms with Crippen LogP contribution in [0.1, 0.15) is 66.2 Å². The third-order valence-electron chi connectivity index (χ3n) is 4.97. The number of hydrogen-bond donors (Lipinski definition) is 1. The Kier molecular flexibility index (Phi) is 8.72. The van der Waals surface area contributed by atoms with Crippen molar-refractivity contribution in [3.8, 4) is 0 Å².